The van der Waals surface area contributed by atoms with Crippen LogP contribution in [0.5, 0.6) is 0 Å². The maximum absolute atomic E-state index is 12.9. The average Bonchev–Trinajstić information content (AvgIpc) is 2.72. The molecule has 3 rings (SSSR count). The number of nitro benzene ring substituents is 1. The standard InChI is InChI=1S/C20H19ClN4O4/c1-4-24-18(22-16-8-6-5-7-14(16)20(24)27)12(2)23(3)19(26)13-9-10-15(21)17(11-13)25(28)29/h5-12H,4H2,1-3H3. The molecule has 1 atom stereocenters. The Balaban J connectivity index is 2.03. The van der Waals surface area contributed by atoms with E-state index in [1.54, 1.807) is 38.2 Å². The lowest BCUT2D eigenvalue weighted by molar-refractivity contribution is -0.384. The molecule has 0 radical (unpaired) electrons. The Morgan fingerprint density at radius 3 is 2.66 bits per heavy atom. The molecule has 3 aromatic rings. The fourth-order valence-corrected chi connectivity index (χ4v) is 3.33. The van der Waals surface area contributed by atoms with Gasteiger partial charge in [0.15, 0.2) is 0 Å². The third-order valence-corrected chi connectivity index (χ3v) is 5.19. The highest BCUT2D eigenvalue weighted by Crippen LogP contribution is 2.27. The topological polar surface area (TPSA) is 98.3 Å². The summed E-state index contributed by atoms with van der Waals surface area (Å²) in [4.78, 5) is 42.3. The van der Waals surface area contributed by atoms with Gasteiger partial charge in [0.05, 0.1) is 21.9 Å². The number of hydrogen-bond donors (Lipinski definition) is 0. The number of carbonyl (C=O) groups excluding carboxylic acids is 1. The highest BCUT2D eigenvalue weighted by atomic mass is 35.5. The van der Waals surface area contributed by atoms with E-state index in [4.69, 9.17) is 11.6 Å². The van der Waals surface area contributed by atoms with E-state index >= 15 is 0 Å². The molecule has 9 heteroatoms. The summed E-state index contributed by atoms with van der Waals surface area (Å²) in [6.07, 6.45) is 0. The van der Waals surface area contributed by atoms with Gasteiger partial charge in [-0.1, -0.05) is 23.7 Å². The van der Waals surface area contributed by atoms with Crippen molar-refractivity contribution in [2.75, 3.05) is 7.05 Å². The highest BCUT2D eigenvalue weighted by Gasteiger charge is 2.25. The molecule has 0 saturated carbocycles. The van der Waals surface area contributed by atoms with Crippen molar-refractivity contribution in [2.24, 2.45) is 0 Å². The van der Waals surface area contributed by atoms with Crippen LogP contribution in [0.25, 0.3) is 10.9 Å². The van der Waals surface area contributed by atoms with Crippen molar-refractivity contribution in [1.82, 2.24) is 14.5 Å². The quantitative estimate of drug-likeness (QED) is 0.467. The van der Waals surface area contributed by atoms with Crippen LogP contribution in [0, 0.1) is 10.1 Å². The van der Waals surface area contributed by atoms with Crippen LogP contribution in [0.3, 0.4) is 0 Å². The minimum Gasteiger partial charge on any atom is -0.332 e. The Labute approximate surface area is 171 Å². The molecule has 1 heterocycles. The predicted octanol–water partition coefficient (Wildman–Crippen LogP) is 3.81. The summed E-state index contributed by atoms with van der Waals surface area (Å²) >= 11 is 5.83. The molecule has 1 unspecified atom stereocenters. The van der Waals surface area contributed by atoms with E-state index in [1.165, 1.54) is 21.6 Å². The Bertz CT molecular complexity index is 1170. The zero-order chi connectivity index (χ0) is 21.3. The van der Waals surface area contributed by atoms with E-state index in [2.05, 4.69) is 4.98 Å². The van der Waals surface area contributed by atoms with Gasteiger partial charge in [-0.3, -0.25) is 24.3 Å². The molecule has 0 saturated heterocycles. The van der Waals surface area contributed by atoms with Crippen molar-refractivity contribution in [3.63, 3.8) is 0 Å². The van der Waals surface area contributed by atoms with Crippen molar-refractivity contribution < 1.29 is 9.72 Å². The number of fused-ring (bicyclic) bond motifs is 1. The summed E-state index contributed by atoms with van der Waals surface area (Å²) in [5, 5.41) is 11.6. The van der Waals surface area contributed by atoms with Crippen LogP contribution in [0.4, 0.5) is 5.69 Å². The van der Waals surface area contributed by atoms with Crippen LogP contribution in [0.15, 0.2) is 47.3 Å². The molecule has 29 heavy (non-hydrogen) atoms. The van der Waals surface area contributed by atoms with Gasteiger partial charge in [0.25, 0.3) is 17.2 Å². The summed E-state index contributed by atoms with van der Waals surface area (Å²) in [5.74, 6) is -0.00200. The number of nitrogens with zero attached hydrogens (tertiary/aromatic N) is 4. The van der Waals surface area contributed by atoms with Gasteiger partial charge in [0.2, 0.25) is 0 Å². The lowest BCUT2D eigenvalue weighted by atomic mass is 10.1. The van der Waals surface area contributed by atoms with Crippen LogP contribution in [0.1, 0.15) is 36.1 Å². The van der Waals surface area contributed by atoms with Gasteiger partial charge in [0, 0.05) is 25.2 Å². The van der Waals surface area contributed by atoms with E-state index in [0.29, 0.717) is 23.3 Å². The Morgan fingerprint density at radius 1 is 1.31 bits per heavy atom. The second-order valence-electron chi connectivity index (χ2n) is 6.55. The molecule has 150 valence electrons. The molecule has 0 fully saturated rings. The number of carbonyl (C=O) groups is 1. The molecule has 8 nitrogen and oxygen atoms in total. The average molecular weight is 415 g/mol. The third kappa shape index (κ3) is 3.71. The first-order valence-corrected chi connectivity index (χ1v) is 9.34. The molecule has 0 bridgehead atoms. The summed E-state index contributed by atoms with van der Waals surface area (Å²) < 4.78 is 1.53. The molecule has 1 amide bonds. The van der Waals surface area contributed by atoms with E-state index in [-0.39, 0.29) is 21.8 Å². The van der Waals surface area contributed by atoms with Gasteiger partial charge in [-0.05, 0) is 38.1 Å². The highest BCUT2D eigenvalue weighted by molar-refractivity contribution is 6.32. The molecule has 2 aromatic carbocycles. The second-order valence-corrected chi connectivity index (χ2v) is 6.96. The number of para-hydroxylation sites is 1. The first-order chi connectivity index (χ1) is 13.8. The van der Waals surface area contributed by atoms with Crippen LogP contribution in [-0.2, 0) is 6.54 Å². The summed E-state index contributed by atoms with van der Waals surface area (Å²) in [6.45, 7) is 3.98. The Morgan fingerprint density at radius 2 is 2.00 bits per heavy atom. The number of benzene rings is 2. The van der Waals surface area contributed by atoms with Crippen LogP contribution in [-0.4, -0.2) is 32.3 Å². The van der Waals surface area contributed by atoms with Gasteiger partial charge in [-0.25, -0.2) is 4.98 Å². The molecule has 0 aliphatic rings. The van der Waals surface area contributed by atoms with Gasteiger partial charge in [-0.2, -0.15) is 0 Å². The molecule has 1 aromatic heterocycles. The van der Waals surface area contributed by atoms with Crippen molar-refractivity contribution in [1.29, 1.82) is 0 Å². The fourth-order valence-electron chi connectivity index (χ4n) is 3.15. The summed E-state index contributed by atoms with van der Waals surface area (Å²) in [7, 11) is 1.56. The van der Waals surface area contributed by atoms with E-state index in [0.717, 1.165) is 6.07 Å². The lowest BCUT2D eigenvalue weighted by Gasteiger charge is -2.26. The maximum atomic E-state index is 12.9. The fraction of sp³-hybridized carbons (Fsp3) is 0.250. The summed E-state index contributed by atoms with van der Waals surface area (Å²) in [5.41, 5.74) is 0.157. The van der Waals surface area contributed by atoms with E-state index in [9.17, 15) is 19.7 Å². The minimum absolute atomic E-state index is 0.0433. The molecule has 0 spiro atoms. The SMILES string of the molecule is CCn1c(C(C)N(C)C(=O)c2ccc(Cl)c([N+](=O)[O-])c2)nc2ccccc2c1=O. The lowest BCUT2D eigenvalue weighted by Crippen LogP contribution is -2.35. The monoisotopic (exact) mass is 414 g/mol. The number of rotatable bonds is 5. The minimum atomic E-state index is -0.637. The van der Waals surface area contributed by atoms with Crippen LogP contribution >= 0.6 is 11.6 Å². The van der Waals surface area contributed by atoms with Crippen LogP contribution in [0.2, 0.25) is 5.02 Å². The predicted molar refractivity (Wildman–Crippen MR) is 110 cm³/mol. The first-order valence-electron chi connectivity index (χ1n) is 8.96. The van der Waals surface area contributed by atoms with Crippen LogP contribution < -0.4 is 5.56 Å². The number of halogens is 1. The molecular formula is C20H19ClN4O4. The van der Waals surface area contributed by atoms with E-state index < -0.39 is 16.9 Å². The smallest absolute Gasteiger partial charge is 0.288 e. The molecule has 0 aliphatic heterocycles. The largest absolute Gasteiger partial charge is 0.332 e. The van der Waals surface area contributed by atoms with Crippen molar-refractivity contribution in [3.8, 4) is 0 Å². The van der Waals surface area contributed by atoms with Crippen molar-refractivity contribution >= 4 is 34.1 Å². The number of amides is 1. The number of nitro groups is 1. The van der Waals surface area contributed by atoms with Gasteiger partial charge >= 0.3 is 0 Å². The van der Waals surface area contributed by atoms with Crippen molar-refractivity contribution in [2.45, 2.75) is 26.4 Å². The molecule has 0 aliphatic carbocycles. The number of aromatic nitrogens is 2. The Hall–Kier alpha value is -3.26. The zero-order valence-electron chi connectivity index (χ0n) is 16.1. The second kappa shape index (κ2) is 8.00. The van der Waals surface area contributed by atoms with Crippen molar-refractivity contribution in [3.05, 3.63) is 79.3 Å². The van der Waals surface area contributed by atoms with E-state index in [1.807, 2.05) is 6.92 Å². The summed E-state index contributed by atoms with van der Waals surface area (Å²) in [6, 6.07) is 10.4. The molecular weight excluding hydrogens is 396 g/mol. The van der Waals surface area contributed by atoms with Gasteiger partial charge in [0.1, 0.15) is 10.8 Å². The maximum Gasteiger partial charge on any atom is 0.288 e. The first kappa shape index (κ1) is 20.5. The Kier molecular flexibility index (Phi) is 5.65. The normalized spacial score (nSPS) is 12.0. The van der Waals surface area contributed by atoms with Gasteiger partial charge < -0.3 is 4.90 Å². The number of hydrogen-bond acceptors (Lipinski definition) is 5. The zero-order valence-corrected chi connectivity index (χ0v) is 16.9. The van der Waals surface area contributed by atoms with Gasteiger partial charge in [-0.15, -0.1) is 0 Å². The molecule has 0 N–H and O–H groups in total. The third-order valence-electron chi connectivity index (χ3n) is 4.87.